The van der Waals surface area contributed by atoms with Gasteiger partial charge in [0.1, 0.15) is 0 Å². The lowest BCUT2D eigenvalue weighted by Gasteiger charge is -2.26. The number of rotatable bonds is 5. The number of nitrogens with zero attached hydrogens (tertiary/aromatic N) is 5. The summed E-state index contributed by atoms with van der Waals surface area (Å²) < 4.78 is 0. The Morgan fingerprint density at radius 3 is 2.37 bits per heavy atom. The quantitative estimate of drug-likeness (QED) is 0.535. The second-order valence-electron chi connectivity index (χ2n) is 7.76. The molecule has 1 N–H and O–H groups in total. The molecule has 6 heteroatoms. The number of aromatic nitrogens is 5. The Labute approximate surface area is 176 Å². The predicted molar refractivity (Wildman–Crippen MR) is 117 cm³/mol. The van der Waals surface area contributed by atoms with Crippen LogP contribution in [-0.2, 0) is 6.54 Å². The molecule has 0 aliphatic carbocycles. The average Bonchev–Trinajstić information content (AvgIpc) is 3.36. The van der Waals surface area contributed by atoms with Crippen LogP contribution < -0.4 is 0 Å². The molecule has 1 aliphatic rings. The van der Waals surface area contributed by atoms with Gasteiger partial charge >= 0.3 is 0 Å². The molecule has 0 atom stereocenters. The normalized spacial score (nSPS) is 14.7. The number of likely N-dealkylation sites (tertiary alicyclic amines) is 1. The summed E-state index contributed by atoms with van der Waals surface area (Å²) in [6, 6.07) is 21.2. The summed E-state index contributed by atoms with van der Waals surface area (Å²) in [5.41, 5.74) is 6.43. The molecule has 1 saturated heterocycles. The van der Waals surface area contributed by atoms with Gasteiger partial charge in [0.15, 0.2) is 0 Å². The van der Waals surface area contributed by atoms with Crippen LogP contribution in [0.4, 0.5) is 0 Å². The van der Waals surface area contributed by atoms with Gasteiger partial charge in [-0.2, -0.15) is 5.21 Å². The molecule has 0 amide bonds. The summed E-state index contributed by atoms with van der Waals surface area (Å²) in [6.45, 7) is 3.44. The van der Waals surface area contributed by atoms with E-state index in [0.717, 1.165) is 34.5 Å². The van der Waals surface area contributed by atoms with Crippen molar-refractivity contribution >= 4 is 0 Å². The van der Waals surface area contributed by atoms with Crippen molar-refractivity contribution < 1.29 is 0 Å². The van der Waals surface area contributed by atoms with Gasteiger partial charge in [0.2, 0.25) is 5.82 Å². The molecule has 2 aromatic heterocycles. The lowest BCUT2D eigenvalue weighted by Crippen LogP contribution is -2.28. The van der Waals surface area contributed by atoms with Crippen LogP contribution >= 0.6 is 0 Å². The summed E-state index contributed by atoms with van der Waals surface area (Å²) in [6.07, 6.45) is 5.81. The zero-order valence-corrected chi connectivity index (χ0v) is 16.8. The van der Waals surface area contributed by atoms with Crippen molar-refractivity contribution in [3.63, 3.8) is 0 Å². The van der Waals surface area contributed by atoms with Crippen LogP contribution in [0.1, 0.15) is 24.8 Å². The molecule has 0 bridgehead atoms. The summed E-state index contributed by atoms with van der Waals surface area (Å²) in [5, 5.41) is 14.4. The minimum Gasteiger partial charge on any atom is -0.299 e. The maximum atomic E-state index is 4.79. The van der Waals surface area contributed by atoms with E-state index in [9.17, 15) is 0 Å². The molecule has 3 heterocycles. The van der Waals surface area contributed by atoms with Crippen LogP contribution in [0.5, 0.6) is 0 Å². The molecule has 5 rings (SSSR count). The molecule has 30 heavy (non-hydrogen) atoms. The van der Waals surface area contributed by atoms with Crippen molar-refractivity contribution in [1.82, 2.24) is 30.5 Å². The predicted octanol–water partition coefficient (Wildman–Crippen LogP) is 4.58. The fraction of sp³-hybridized carbons (Fsp3) is 0.250. The van der Waals surface area contributed by atoms with E-state index in [1.165, 1.54) is 37.9 Å². The molecule has 150 valence electrons. The Kier molecular flexibility index (Phi) is 5.31. The Hall–Kier alpha value is -3.38. The zero-order valence-electron chi connectivity index (χ0n) is 16.8. The number of H-pyrrole nitrogens is 1. The van der Waals surface area contributed by atoms with Gasteiger partial charge in [-0.3, -0.25) is 9.88 Å². The Bertz CT molecular complexity index is 1080. The lowest BCUT2D eigenvalue weighted by molar-refractivity contribution is 0.221. The standard InChI is InChI=1S/C24H24N6/c1-3-7-19(8-4-1)22-15-21(24-26-28-29-27-24)16-25-23(22)20-11-9-18(10-12-20)17-30-13-5-2-6-14-30/h1,3-4,7-12,15-16H,2,5-6,13-14,17H2,(H,26,27,28,29). The Morgan fingerprint density at radius 1 is 0.833 bits per heavy atom. The van der Waals surface area contributed by atoms with Crippen molar-refractivity contribution in [3.8, 4) is 33.8 Å². The van der Waals surface area contributed by atoms with Crippen molar-refractivity contribution in [2.75, 3.05) is 13.1 Å². The molecule has 2 aromatic carbocycles. The largest absolute Gasteiger partial charge is 0.299 e. The van der Waals surface area contributed by atoms with Crippen molar-refractivity contribution in [2.45, 2.75) is 25.8 Å². The van der Waals surface area contributed by atoms with E-state index in [-0.39, 0.29) is 0 Å². The summed E-state index contributed by atoms with van der Waals surface area (Å²) in [5.74, 6) is 0.545. The van der Waals surface area contributed by atoms with E-state index in [4.69, 9.17) is 4.98 Å². The van der Waals surface area contributed by atoms with Gasteiger partial charge in [-0.05, 0) is 48.3 Å². The highest BCUT2D eigenvalue weighted by Gasteiger charge is 2.14. The van der Waals surface area contributed by atoms with Gasteiger partial charge in [0.25, 0.3) is 0 Å². The molecule has 1 fully saturated rings. The average molecular weight is 396 g/mol. The molecule has 6 nitrogen and oxygen atoms in total. The number of hydrogen-bond donors (Lipinski definition) is 1. The van der Waals surface area contributed by atoms with Crippen LogP contribution in [0.15, 0.2) is 66.9 Å². The van der Waals surface area contributed by atoms with Gasteiger partial charge in [-0.15, -0.1) is 10.2 Å². The summed E-state index contributed by atoms with van der Waals surface area (Å²) >= 11 is 0. The van der Waals surface area contributed by atoms with Gasteiger partial charge in [0, 0.05) is 29.4 Å². The molecule has 1 aliphatic heterocycles. The van der Waals surface area contributed by atoms with Crippen molar-refractivity contribution in [2.24, 2.45) is 0 Å². The summed E-state index contributed by atoms with van der Waals surface area (Å²) in [4.78, 5) is 7.34. The first-order chi connectivity index (χ1) is 14.9. The third kappa shape index (κ3) is 4.00. The smallest absolute Gasteiger partial charge is 0.206 e. The van der Waals surface area contributed by atoms with Gasteiger partial charge < -0.3 is 0 Å². The first-order valence-corrected chi connectivity index (χ1v) is 10.5. The van der Waals surface area contributed by atoms with Crippen molar-refractivity contribution in [1.29, 1.82) is 0 Å². The molecule has 0 radical (unpaired) electrons. The molecule has 0 saturated carbocycles. The number of hydrogen-bond acceptors (Lipinski definition) is 5. The summed E-state index contributed by atoms with van der Waals surface area (Å²) in [7, 11) is 0. The monoisotopic (exact) mass is 396 g/mol. The maximum absolute atomic E-state index is 4.79. The fourth-order valence-corrected chi connectivity index (χ4v) is 4.08. The third-order valence-electron chi connectivity index (χ3n) is 5.66. The van der Waals surface area contributed by atoms with E-state index in [1.54, 1.807) is 0 Å². The lowest BCUT2D eigenvalue weighted by atomic mass is 9.97. The molecular formula is C24H24N6. The zero-order chi connectivity index (χ0) is 20.2. The second kappa shape index (κ2) is 8.55. The minimum absolute atomic E-state index is 0.545. The van der Waals surface area contributed by atoms with E-state index in [0.29, 0.717) is 5.82 Å². The highest BCUT2D eigenvalue weighted by atomic mass is 15.5. The van der Waals surface area contributed by atoms with E-state index >= 15 is 0 Å². The van der Waals surface area contributed by atoms with Crippen LogP contribution in [0.25, 0.3) is 33.8 Å². The molecular weight excluding hydrogens is 372 g/mol. The highest BCUT2D eigenvalue weighted by molar-refractivity contribution is 5.83. The van der Waals surface area contributed by atoms with Crippen LogP contribution in [0.2, 0.25) is 0 Å². The number of nitrogens with one attached hydrogen (secondary N) is 1. The van der Waals surface area contributed by atoms with E-state index < -0.39 is 0 Å². The molecule has 0 unspecified atom stereocenters. The highest BCUT2D eigenvalue weighted by Crippen LogP contribution is 2.33. The third-order valence-corrected chi connectivity index (χ3v) is 5.66. The second-order valence-corrected chi connectivity index (χ2v) is 7.76. The van der Waals surface area contributed by atoms with Gasteiger partial charge in [0.05, 0.1) is 5.69 Å². The SMILES string of the molecule is c1ccc(-c2cc(-c3nn[nH]n3)cnc2-c2ccc(CN3CCCCC3)cc2)cc1. The topological polar surface area (TPSA) is 70.6 Å². The number of pyridine rings is 1. The van der Waals surface area contributed by atoms with Gasteiger partial charge in [-0.1, -0.05) is 61.0 Å². The van der Waals surface area contributed by atoms with Crippen LogP contribution in [0.3, 0.4) is 0 Å². The number of tetrazole rings is 1. The maximum Gasteiger partial charge on any atom is 0.206 e. The van der Waals surface area contributed by atoms with Crippen molar-refractivity contribution in [3.05, 3.63) is 72.4 Å². The number of aromatic amines is 1. The molecule has 0 spiro atoms. The first kappa shape index (κ1) is 18.6. The number of benzene rings is 2. The van der Waals surface area contributed by atoms with E-state index in [2.05, 4.69) is 68.0 Å². The fourth-order valence-electron chi connectivity index (χ4n) is 4.08. The van der Waals surface area contributed by atoms with Crippen LogP contribution in [0, 0.1) is 0 Å². The molecule has 4 aromatic rings. The number of piperidine rings is 1. The van der Waals surface area contributed by atoms with Crippen LogP contribution in [-0.4, -0.2) is 43.6 Å². The Morgan fingerprint density at radius 2 is 1.63 bits per heavy atom. The first-order valence-electron chi connectivity index (χ1n) is 10.5. The van der Waals surface area contributed by atoms with Gasteiger partial charge in [-0.25, -0.2) is 0 Å². The minimum atomic E-state index is 0.545. The van der Waals surface area contributed by atoms with E-state index in [1.807, 2.05) is 24.4 Å². The Balaban J connectivity index is 1.48.